The van der Waals surface area contributed by atoms with Gasteiger partial charge in [0.25, 0.3) is 0 Å². The monoisotopic (exact) mass is 285 g/mol. The molecule has 0 saturated heterocycles. The number of halogens is 1. The van der Waals surface area contributed by atoms with Crippen LogP contribution in [-0.2, 0) is 9.53 Å². The molecule has 0 aliphatic heterocycles. The first-order valence-electron chi connectivity index (χ1n) is 5.24. The molecule has 1 N–H and O–H groups in total. The van der Waals surface area contributed by atoms with Crippen LogP contribution in [0.4, 0.5) is 5.69 Å². The predicted molar refractivity (Wildman–Crippen MR) is 68.4 cm³/mol. The van der Waals surface area contributed by atoms with E-state index >= 15 is 0 Å². The Bertz CT molecular complexity index is 355. The number of carbonyl (C=O) groups is 1. The summed E-state index contributed by atoms with van der Waals surface area (Å²) >= 11 is 3.40. The number of nitrogens with one attached hydrogen (secondary N) is 1. The molecule has 0 heterocycles. The van der Waals surface area contributed by atoms with Gasteiger partial charge >= 0.3 is 5.97 Å². The SMILES string of the molecule is CCC(CNc1cccc(Br)c1)C(=O)OC. The fourth-order valence-electron chi connectivity index (χ4n) is 1.40. The molecule has 1 aromatic carbocycles. The van der Waals surface area contributed by atoms with Crippen molar-refractivity contribution in [2.45, 2.75) is 13.3 Å². The molecule has 16 heavy (non-hydrogen) atoms. The van der Waals surface area contributed by atoms with Crippen molar-refractivity contribution in [1.29, 1.82) is 0 Å². The molecule has 1 aromatic rings. The summed E-state index contributed by atoms with van der Waals surface area (Å²) in [5.41, 5.74) is 0.997. The molecule has 0 bridgehead atoms. The van der Waals surface area contributed by atoms with Gasteiger partial charge in [0.05, 0.1) is 13.0 Å². The van der Waals surface area contributed by atoms with Crippen molar-refractivity contribution in [3.63, 3.8) is 0 Å². The van der Waals surface area contributed by atoms with E-state index in [1.165, 1.54) is 7.11 Å². The van der Waals surface area contributed by atoms with Gasteiger partial charge in [0.15, 0.2) is 0 Å². The van der Waals surface area contributed by atoms with Crippen LogP contribution in [0.25, 0.3) is 0 Å². The molecular weight excluding hydrogens is 270 g/mol. The van der Waals surface area contributed by atoms with Gasteiger partial charge < -0.3 is 10.1 Å². The summed E-state index contributed by atoms with van der Waals surface area (Å²) in [4.78, 5) is 11.4. The normalized spacial score (nSPS) is 11.9. The molecule has 0 aliphatic carbocycles. The van der Waals surface area contributed by atoms with Gasteiger partial charge in [-0.15, -0.1) is 0 Å². The lowest BCUT2D eigenvalue weighted by Gasteiger charge is -2.14. The van der Waals surface area contributed by atoms with Crippen molar-refractivity contribution in [3.05, 3.63) is 28.7 Å². The van der Waals surface area contributed by atoms with Gasteiger partial charge in [-0.25, -0.2) is 0 Å². The lowest BCUT2D eigenvalue weighted by molar-refractivity contribution is -0.145. The fraction of sp³-hybridized carbons (Fsp3) is 0.417. The van der Waals surface area contributed by atoms with Gasteiger partial charge in [0.1, 0.15) is 0 Å². The van der Waals surface area contributed by atoms with E-state index in [4.69, 9.17) is 4.74 Å². The van der Waals surface area contributed by atoms with Crippen LogP contribution < -0.4 is 5.32 Å². The fourth-order valence-corrected chi connectivity index (χ4v) is 1.80. The Hall–Kier alpha value is -1.03. The number of hydrogen-bond donors (Lipinski definition) is 1. The molecule has 88 valence electrons. The lowest BCUT2D eigenvalue weighted by atomic mass is 10.1. The molecule has 0 saturated carbocycles. The van der Waals surface area contributed by atoms with Crippen molar-refractivity contribution in [2.24, 2.45) is 5.92 Å². The molecule has 4 heteroatoms. The highest BCUT2D eigenvalue weighted by molar-refractivity contribution is 9.10. The van der Waals surface area contributed by atoms with Crippen LogP contribution in [0.2, 0.25) is 0 Å². The highest BCUT2D eigenvalue weighted by atomic mass is 79.9. The lowest BCUT2D eigenvalue weighted by Crippen LogP contribution is -2.23. The zero-order valence-electron chi connectivity index (χ0n) is 9.50. The molecule has 1 unspecified atom stereocenters. The molecule has 1 atom stereocenters. The Morgan fingerprint density at radius 1 is 1.56 bits per heavy atom. The number of esters is 1. The van der Waals surface area contributed by atoms with E-state index in [-0.39, 0.29) is 11.9 Å². The first kappa shape index (κ1) is 13.0. The quantitative estimate of drug-likeness (QED) is 0.845. The second-order valence-electron chi connectivity index (χ2n) is 3.52. The van der Waals surface area contributed by atoms with E-state index in [2.05, 4.69) is 21.2 Å². The summed E-state index contributed by atoms with van der Waals surface area (Å²) in [6.07, 6.45) is 0.772. The van der Waals surface area contributed by atoms with Crippen molar-refractivity contribution < 1.29 is 9.53 Å². The Morgan fingerprint density at radius 2 is 2.31 bits per heavy atom. The van der Waals surface area contributed by atoms with Crippen LogP contribution in [0, 0.1) is 5.92 Å². The van der Waals surface area contributed by atoms with Crippen LogP contribution >= 0.6 is 15.9 Å². The van der Waals surface area contributed by atoms with Gasteiger partial charge in [-0.05, 0) is 24.6 Å². The highest BCUT2D eigenvalue weighted by Gasteiger charge is 2.16. The average molecular weight is 286 g/mol. The largest absolute Gasteiger partial charge is 0.469 e. The molecule has 0 amide bonds. The van der Waals surface area contributed by atoms with Crippen molar-refractivity contribution in [2.75, 3.05) is 19.0 Å². The molecule has 0 fully saturated rings. The number of hydrogen-bond acceptors (Lipinski definition) is 3. The predicted octanol–water partition coefficient (Wildman–Crippen LogP) is 3.06. The van der Waals surface area contributed by atoms with Gasteiger partial charge in [-0.1, -0.05) is 28.9 Å². The molecular formula is C12H16BrNO2. The Balaban J connectivity index is 2.52. The third kappa shape index (κ3) is 3.85. The van der Waals surface area contributed by atoms with E-state index in [1.807, 2.05) is 31.2 Å². The number of rotatable bonds is 5. The van der Waals surface area contributed by atoms with Crippen molar-refractivity contribution in [3.8, 4) is 0 Å². The minimum Gasteiger partial charge on any atom is -0.469 e. The topological polar surface area (TPSA) is 38.3 Å². The first-order valence-corrected chi connectivity index (χ1v) is 6.04. The van der Waals surface area contributed by atoms with E-state index in [0.717, 1.165) is 16.6 Å². The Labute approximate surface area is 104 Å². The smallest absolute Gasteiger partial charge is 0.310 e. The average Bonchev–Trinajstić information content (AvgIpc) is 2.29. The van der Waals surface area contributed by atoms with Crippen molar-refractivity contribution >= 4 is 27.6 Å². The summed E-state index contributed by atoms with van der Waals surface area (Å²) in [6, 6.07) is 7.85. The van der Waals surface area contributed by atoms with Crippen LogP contribution in [0.1, 0.15) is 13.3 Å². The standard InChI is InChI=1S/C12H16BrNO2/c1-3-9(12(15)16-2)8-14-11-6-4-5-10(13)7-11/h4-7,9,14H,3,8H2,1-2H3. The Kier molecular flexibility index (Phi) is 5.32. The zero-order valence-corrected chi connectivity index (χ0v) is 11.1. The van der Waals surface area contributed by atoms with Gasteiger partial charge in [0, 0.05) is 16.7 Å². The highest BCUT2D eigenvalue weighted by Crippen LogP contribution is 2.16. The van der Waals surface area contributed by atoms with Crippen LogP contribution in [0.5, 0.6) is 0 Å². The molecule has 0 aromatic heterocycles. The number of ether oxygens (including phenoxy) is 1. The van der Waals surface area contributed by atoms with Crippen LogP contribution in [0.15, 0.2) is 28.7 Å². The van der Waals surface area contributed by atoms with E-state index in [0.29, 0.717) is 6.54 Å². The molecule has 0 spiro atoms. The molecule has 0 radical (unpaired) electrons. The first-order chi connectivity index (χ1) is 7.67. The summed E-state index contributed by atoms with van der Waals surface area (Å²) in [5.74, 6) is -0.256. The molecule has 3 nitrogen and oxygen atoms in total. The van der Waals surface area contributed by atoms with Gasteiger partial charge in [-0.2, -0.15) is 0 Å². The van der Waals surface area contributed by atoms with E-state index < -0.39 is 0 Å². The third-order valence-corrected chi connectivity index (χ3v) is 2.90. The van der Waals surface area contributed by atoms with Gasteiger partial charge in [0.2, 0.25) is 0 Å². The molecule has 1 rings (SSSR count). The van der Waals surface area contributed by atoms with E-state index in [1.54, 1.807) is 0 Å². The minimum absolute atomic E-state index is 0.0935. The third-order valence-electron chi connectivity index (χ3n) is 2.40. The maximum atomic E-state index is 11.4. The second-order valence-corrected chi connectivity index (χ2v) is 4.44. The summed E-state index contributed by atoms with van der Waals surface area (Å²) < 4.78 is 5.74. The molecule has 0 aliphatic rings. The summed E-state index contributed by atoms with van der Waals surface area (Å²) in [6.45, 7) is 2.57. The van der Waals surface area contributed by atoms with Crippen LogP contribution in [-0.4, -0.2) is 19.6 Å². The minimum atomic E-state index is -0.162. The maximum Gasteiger partial charge on any atom is 0.310 e. The van der Waals surface area contributed by atoms with Gasteiger partial charge in [-0.3, -0.25) is 4.79 Å². The Morgan fingerprint density at radius 3 is 2.88 bits per heavy atom. The maximum absolute atomic E-state index is 11.4. The number of carbonyl (C=O) groups excluding carboxylic acids is 1. The van der Waals surface area contributed by atoms with Crippen molar-refractivity contribution in [1.82, 2.24) is 0 Å². The second kappa shape index (κ2) is 6.53. The van der Waals surface area contributed by atoms with Crippen LogP contribution in [0.3, 0.4) is 0 Å². The summed E-state index contributed by atoms with van der Waals surface area (Å²) in [7, 11) is 1.42. The number of benzene rings is 1. The zero-order chi connectivity index (χ0) is 12.0. The number of methoxy groups -OCH3 is 1. The number of anilines is 1. The summed E-state index contributed by atoms with van der Waals surface area (Å²) in [5, 5.41) is 3.22. The van der Waals surface area contributed by atoms with E-state index in [9.17, 15) is 4.79 Å².